The highest BCUT2D eigenvalue weighted by Gasteiger charge is 2.22. The van der Waals surface area contributed by atoms with Crippen molar-refractivity contribution < 1.29 is 4.39 Å². The molecule has 1 fully saturated rings. The fourth-order valence-corrected chi connectivity index (χ4v) is 2.87. The largest absolute Gasteiger partial charge is 0.310 e. The lowest BCUT2D eigenvalue weighted by Gasteiger charge is -2.14. The van der Waals surface area contributed by atoms with Crippen LogP contribution >= 0.6 is 27.5 Å². The first-order valence-corrected chi connectivity index (χ1v) is 5.73. The zero-order valence-corrected chi connectivity index (χ0v) is 9.83. The molecule has 0 bridgehead atoms. The molecule has 1 aliphatic heterocycles. The van der Waals surface area contributed by atoms with Gasteiger partial charge >= 0.3 is 0 Å². The third kappa shape index (κ3) is 1.95. The van der Waals surface area contributed by atoms with Crippen molar-refractivity contribution in [2.24, 2.45) is 0 Å². The Labute approximate surface area is 95.8 Å². The SMILES string of the molecule is Fc1cc(Cl)cc(Br)c1C1CCCN1. The van der Waals surface area contributed by atoms with E-state index in [-0.39, 0.29) is 11.9 Å². The van der Waals surface area contributed by atoms with Gasteiger partial charge in [-0.15, -0.1) is 0 Å². The van der Waals surface area contributed by atoms with E-state index in [0.29, 0.717) is 10.6 Å². The van der Waals surface area contributed by atoms with E-state index in [4.69, 9.17) is 11.6 Å². The lowest BCUT2D eigenvalue weighted by Crippen LogP contribution is -2.14. The Bertz CT molecular complexity index is 327. The first-order chi connectivity index (χ1) is 6.68. The number of rotatable bonds is 1. The molecule has 0 spiro atoms. The van der Waals surface area contributed by atoms with Crippen LogP contribution in [-0.4, -0.2) is 6.54 Å². The molecule has 1 N–H and O–H groups in total. The van der Waals surface area contributed by atoms with Gasteiger partial charge in [-0.05, 0) is 31.5 Å². The molecule has 1 aromatic rings. The van der Waals surface area contributed by atoms with E-state index in [0.717, 1.165) is 23.9 Å². The van der Waals surface area contributed by atoms with Crippen LogP contribution in [-0.2, 0) is 0 Å². The molecule has 1 unspecified atom stereocenters. The summed E-state index contributed by atoms with van der Waals surface area (Å²) in [5.41, 5.74) is 0.701. The molecule has 1 saturated heterocycles. The standard InChI is InChI=1S/C10H10BrClFN/c11-7-4-6(12)5-8(13)10(7)9-2-1-3-14-9/h4-5,9,14H,1-3H2. The van der Waals surface area contributed by atoms with Gasteiger partial charge < -0.3 is 5.32 Å². The smallest absolute Gasteiger partial charge is 0.130 e. The predicted molar refractivity (Wildman–Crippen MR) is 59.1 cm³/mol. The number of hydrogen-bond donors (Lipinski definition) is 1. The van der Waals surface area contributed by atoms with Crippen molar-refractivity contribution in [1.82, 2.24) is 5.32 Å². The van der Waals surface area contributed by atoms with Crippen molar-refractivity contribution in [2.75, 3.05) is 6.54 Å². The van der Waals surface area contributed by atoms with E-state index < -0.39 is 0 Å². The van der Waals surface area contributed by atoms with Gasteiger partial charge in [0.05, 0.1) is 0 Å². The second kappa shape index (κ2) is 4.17. The number of halogens is 3. The van der Waals surface area contributed by atoms with Gasteiger partial charge in [-0.25, -0.2) is 4.39 Å². The van der Waals surface area contributed by atoms with Gasteiger partial charge in [0.1, 0.15) is 5.82 Å². The van der Waals surface area contributed by atoms with E-state index >= 15 is 0 Å². The monoisotopic (exact) mass is 277 g/mol. The van der Waals surface area contributed by atoms with E-state index in [1.165, 1.54) is 6.07 Å². The molecule has 0 aromatic heterocycles. The minimum atomic E-state index is -0.233. The van der Waals surface area contributed by atoms with Gasteiger partial charge in [0, 0.05) is 21.1 Å². The molecule has 76 valence electrons. The average Bonchev–Trinajstić information content (AvgIpc) is 2.54. The summed E-state index contributed by atoms with van der Waals surface area (Å²) in [6.45, 7) is 0.958. The fourth-order valence-electron chi connectivity index (χ4n) is 1.82. The summed E-state index contributed by atoms with van der Waals surface area (Å²) in [5.74, 6) is -0.233. The number of benzene rings is 1. The molecular weight excluding hydrogens is 268 g/mol. The Morgan fingerprint density at radius 3 is 2.86 bits per heavy atom. The zero-order valence-electron chi connectivity index (χ0n) is 7.49. The summed E-state index contributed by atoms with van der Waals surface area (Å²) in [6.07, 6.45) is 2.08. The first kappa shape index (κ1) is 10.4. The summed E-state index contributed by atoms with van der Waals surface area (Å²) in [7, 11) is 0. The second-order valence-electron chi connectivity index (χ2n) is 3.43. The normalized spacial score (nSPS) is 21.5. The Morgan fingerprint density at radius 1 is 1.50 bits per heavy atom. The molecule has 0 radical (unpaired) electrons. The topological polar surface area (TPSA) is 12.0 Å². The summed E-state index contributed by atoms with van der Waals surface area (Å²) < 4.78 is 14.4. The lowest BCUT2D eigenvalue weighted by atomic mass is 10.1. The molecule has 1 heterocycles. The number of hydrogen-bond acceptors (Lipinski definition) is 1. The van der Waals surface area contributed by atoms with Gasteiger partial charge in [0.25, 0.3) is 0 Å². The first-order valence-electron chi connectivity index (χ1n) is 4.56. The van der Waals surface area contributed by atoms with Crippen molar-refractivity contribution >= 4 is 27.5 Å². The molecule has 4 heteroatoms. The minimum Gasteiger partial charge on any atom is -0.310 e. The van der Waals surface area contributed by atoms with Crippen molar-refractivity contribution in [2.45, 2.75) is 18.9 Å². The van der Waals surface area contributed by atoms with Crippen LogP contribution in [0, 0.1) is 5.82 Å². The van der Waals surface area contributed by atoms with Gasteiger partial charge in [-0.3, -0.25) is 0 Å². The summed E-state index contributed by atoms with van der Waals surface area (Å²) in [4.78, 5) is 0. The van der Waals surface area contributed by atoms with Gasteiger partial charge in [-0.1, -0.05) is 27.5 Å². The van der Waals surface area contributed by atoms with Gasteiger partial charge in [-0.2, -0.15) is 0 Å². The molecule has 1 aliphatic rings. The van der Waals surface area contributed by atoms with Crippen LogP contribution in [0.4, 0.5) is 4.39 Å². The highest BCUT2D eigenvalue weighted by atomic mass is 79.9. The van der Waals surface area contributed by atoms with Gasteiger partial charge in [0.15, 0.2) is 0 Å². The third-order valence-corrected chi connectivity index (χ3v) is 3.33. The molecule has 0 amide bonds. The van der Waals surface area contributed by atoms with Crippen molar-refractivity contribution in [1.29, 1.82) is 0 Å². The Balaban J connectivity index is 2.40. The van der Waals surface area contributed by atoms with Crippen molar-refractivity contribution in [3.8, 4) is 0 Å². The van der Waals surface area contributed by atoms with E-state index in [9.17, 15) is 4.39 Å². The Morgan fingerprint density at radius 2 is 2.29 bits per heavy atom. The highest BCUT2D eigenvalue weighted by molar-refractivity contribution is 9.10. The van der Waals surface area contributed by atoms with Crippen molar-refractivity contribution in [3.05, 3.63) is 33.0 Å². The van der Waals surface area contributed by atoms with E-state index in [1.54, 1.807) is 6.07 Å². The van der Waals surface area contributed by atoms with Crippen LogP contribution in [0.25, 0.3) is 0 Å². The highest BCUT2D eigenvalue weighted by Crippen LogP contribution is 2.33. The molecule has 2 rings (SSSR count). The van der Waals surface area contributed by atoms with Crippen LogP contribution < -0.4 is 5.32 Å². The summed E-state index contributed by atoms with van der Waals surface area (Å²) >= 11 is 9.08. The van der Waals surface area contributed by atoms with E-state index in [2.05, 4.69) is 21.2 Å². The van der Waals surface area contributed by atoms with E-state index in [1.807, 2.05) is 0 Å². The predicted octanol–water partition coefficient (Wildman–Crippen LogP) is 3.67. The maximum atomic E-state index is 13.6. The molecule has 0 saturated carbocycles. The maximum absolute atomic E-state index is 13.6. The summed E-state index contributed by atoms with van der Waals surface area (Å²) in [6, 6.07) is 3.23. The fraction of sp³-hybridized carbons (Fsp3) is 0.400. The lowest BCUT2D eigenvalue weighted by molar-refractivity contribution is 0.556. The number of nitrogens with one attached hydrogen (secondary N) is 1. The summed E-state index contributed by atoms with van der Waals surface area (Å²) in [5, 5.41) is 3.69. The average molecular weight is 279 g/mol. The quantitative estimate of drug-likeness (QED) is 0.826. The Hall–Kier alpha value is -0.120. The molecule has 1 nitrogen and oxygen atoms in total. The molecule has 1 aromatic carbocycles. The van der Waals surface area contributed by atoms with Crippen LogP contribution in [0.3, 0.4) is 0 Å². The maximum Gasteiger partial charge on any atom is 0.130 e. The Kier molecular flexibility index (Phi) is 3.10. The van der Waals surface area contributed by atoms with Crippen molar-refractivity contribution in [3.63, 3.8) is 0 Å². The molecule has 1 atom stereocenters. The molecular formula is C10H10BrClFN. The minimum absolute atomic E-state index is 0.127. The van der Waals surface area contributed by atoms with Gasteiger partial charge in [0.2, 0.25) is 0 Å². The van der Waals surface area contributed by atoms with Crippen LogP contribution in [0.2, 0.25) is 5.02 Å². The van der Waals surface area contributed by atoms with Crippen LogP contribution in [0.1, 0.15) is 24.4 Å². The zero-order chi connectivity index (χ0) is 10.1. The third-order valence-electron chi connectivity index (χ3n) is 2.45. The van der Waals surface area contributed by atoms with Crippen LogP contribution in [0.15, 0.2) is 16.6 Å². The molecule has 0 aliphatic carbocycles. The second-order valence-corrected chi connectivity index (χ2v) is 4.72. The van der Waals surface area contributed by atoms with Crippen LogP contribution in [0.5, 0.6) is 0 Å². The molecule has 14 heavy (non-hydrogen) atoms.